The third-order valence-corrected chi connectivity index (χ3v) is 5.72. The number of amides is 1. The Balaban J connectivity index is 1.51. The molecule has 5 heteroatoms. The molecule has 1 fully saturated rings. The van der Waals surface area contributed by atoms with Crippen LogP contribution in [0.3, 0.4) is 0 Å². The molecule has 1 aliphatic heterocycles. The van der Waals surface area contributed by atoms with Crippen molar-refractivity contribution < 1.29 is 9.53 Å². The smallest absolute Gasteiger partial charge is 0.305 e. The van der Waals surface area contributed by atoms with Crippen LogP contribution in [0, 0.1) is 0 Å². The van der Waals surface area contributed by atoms with Crippen LogP contribution in [-0.2, 0) is 9.53 Å². The highest BCUT2D eigenvalue weighted by atomic mass is 16.5. The maximum atomic E-state index is 12.9. The Kier molecular flexibility index (Phi) is 4.88. The number of para-hydroxylation sites is 1. The highest BCUT2D eigenvalue weighted by molar-refractivity contribution is 6.11. The summed E-state index contributed by atoms with van der Waals surface area (Å²) in [5.41, 5.74) is 6.58. The lowest BCUT2D eigenvalue weighted by molar-refractivity contribution is -0.122. The molecule has 0 spiro atoms. The summed E-state index contributed by atoms with van der Waals surface area (Å²) in [7, 11) is 1.98. The molecule has 1 amide bonds. The van der Waals surface area contributed by atoms with Crippen molar-refractivity contribution in [3.05, 3.63) is 95.2 Å². The molecule has 1 heterocycles. The van der Waals surface area contributed by atoms with Gasteiger partial charge in [-0.25, -0.2) is 0 Å². The second-order valence-corrected chi connectivity index (χ2v) is 7.55. The van der Waals surface area contributed by atoms with Crippen LogP contribution in [0.4, 0.5) is 5.69 Å². The second-order valence-electron chi connectivity index (χ2n) is 7.55. The van der Waals surface area contributed by atoms with Crippen LogP contribution in [0.5, 0.6) is 0 Å². The van der Waals surface area contributed by atoms with Gasteiger partial charge in [-0.15, -0.1) is 0 Å². The molecule has 1 N–H and O–H groups in total. The highest BCUT2D eigenvalue weighted by Crippen LogP contribution is 2.43. The minimum Gasteiger partial charge on any atom is -0.419 e. The zero-order valence-electron chi connectivity index (χ0n) is 17.5. The van der Waals surface area contributed by atoms with Crippen LogP contribution in [0.1, 0.15) is 29.7 Å². The number of nitrogens with one attached hydrogen (secondary N) is 1. The molecule has 1 saturated heterocycles. The van der Waals surface area contributed by atoms with E-state index in [-0.39, 0.29) is 17.7 Å². The lowest BCUT2D eigenvalue weighted by Gasteiger charge is -2.11. The Morgan fingerprint density at radius 3 is 2.52 bits per heavy atom. The van der Waals surface area contributed by atoms with E-state index in [1.54, 1.807) is 11.0 Å². The summed E-state index contributed by atoms with van der Waals surface area (Å²) in [6.45, 7) is 2.40. The largest absolute Gasteiger partial charge is 0.419 e. The van der Waals surface area contributed by atoms with E-state index in [1.165, 1.54) is 22.3 Å². The van der Waals surface area contributed by atoms with Crippen molar-refractivity contribution in [2.45, 2.75) is 13.0 Å². The van der Waals surface area contributed by atoms with Gasteiger partial charge in [0.1, 0.15) is 0 Å². The van der Waals surface area contributed by atoms with E-state index in [4.69, 9.17) is 4.74 Å². The van der Waals surface area contributed by atoms with E-state index in [0.29, 0.717) is 12.6 Å². The molecular weight excluding hydrogens is 386 g/mol. The van der Waals surface area contributed by atoms with Crippen molar-refractivity contribution >= 4 is 23.7 Å². The maximum Gasteiger partial charge on any atom is 0.305 e. The first-order valence-electron chi connectivity index (χ1n) is 10.4. The molecule has 1 atom stereocenters. The van der Waals surface area contributed by atoms with Crippen molar-refractivity contribution in [2.24, 2.45) is 4.99 Å². The summed E-state index contributed by atoms with van der Waals surface area (Å²) >= 11 is 0. The summed E-state index contributed by atoms with van der Waals surface area (Å²) < 4.78 is 5.89. The van der Waals surface area contributed by atoms with Gasteiger partial charge in [0.2, 0.25) is 0 Å². The first-order chi connectivity index (χ1) is 15.2. The van der Waals surface area contributed by atoms with Crippen molar-refractivity contribution in [1.82, 2.24) is 10.2 Å². The fourth-order valence-corrected chi connectivity index (χ4v) is 4.26. The third-order valence-electron chi connectivity index (χ3n) is 5.72. The first kappa shape index (κ1) is 19.3. The average molecular weight is 409 g/mol. The van der Waals surface area contributed by atoms with Crippen molar-refractivity contribution in [2.75, 3.05) is 13.6 Å². The summed E-state index contributed by atoms with van der Waals surface area (Å²) in [6, 6.07) is 24.7. The van der Waals surface area contributed by atoms with Crippen molar-refractivity contribution in [3.8, 4) is 11.1 Å². The number of aliphatic imine (C=N–C) groups is 1. The van der Waals surface area contributed by atoms with Gasteiger partial charge in [-0.2, -0.15) is 4.99 Å². The van der Waals surface area contributed by atoms with Gasteiger partial charge in [-0.05, 0) is 66.1 Å². The fourth-order valence-electron chi connectivity index (χ4n) is 4.26. The Labute approximate surface area is 181 Å². The number of hydrogen-bond acceptors (Lipinski definition) is 4. The lowest BCUT2D eigenvalue weighted by Crippen LogP contribution is -2.29. The minimum atomic E-state index is -0.175. The van der Waals surface area contributed by atoms with Crippen LogP contribution in [-0.4, -0.2) is 30.4 Å². The van der Waals surface area contributed by atoms with E-state index in [1.807, 2.05) is 50.4 Å². The molecule has 0 saturated carbocycles. The first-order valence-corrected chi connectivity index (χ1v) is 10.4. The van der Waals surface area contributed by atoms with E-state index in [0.717, 1.165) is 11.3 Å². The number of rotatable bonds is 4. The zero-order valence-corrected chi connectivity index (χ0v) is 17.5. The SMILES string of the molecule is CCN1C(=O)C(=Cc2ccc3c(c2)-c2ccccc2C3NC)OC1=Nc1ccccc1. The molecule has 0 radical (unpaired) electrons. The lowest BCUT2D eigenvalue weighted by atomic mass is 10.0. The highest BCUT2D eigenvalue weighted by Gasteiger charge is 2.34. The van der Waals surface area contributed by atoms with Gasteiger partial charge < -0.3 is 10.1 Å². The van der Waals surface area contributed by atoms with Gasteiger partial charge in [0.25, 0.3) is 5.91 Å². The topological polar surface area (TPSA) is 53.9 Å². The number of ether oxygens (including phenoxy) is 1. The summed E-state index contributed by atoms with van der Waals surface area (Å²) in [5.74, 6) is 0.110. The van der Waals surface area contributed by atoms with Crippen molar-refractivity contribution in [1.29, 1.82) is 0 Å². The maximum absolute atomic E-state index is 12.9. The summed E-state index contributed by atoms with van der Waals surface area (Å²) in [6.07, 6.45) is 1.80. The Bertz CT molecular complexity index is 1210. The van der Waals surface area contributed by atoms with E-state index < -0.39 is 0 Å². The molecular formula is C26H23N3O2. The quantitative estimate of drug-likeness (QED) is 0.625. The zero-order chi connectivity index (χ0) is 21.4. The predicted molar refractivity (Wildman–Crippen MR) is 123 cm³/mol. The summed E-state index contributed by atoms with van der Waals surface area (Å²) in [4.78, 5) is 19.0. The van der Waals surface area contributed by atoms with Crippen LogP contribution < -0.4 is 5.32 Å². The number of nitrogens with zero attached hydrogens (tertiary/aromatic N) is 2. The van der Waals surface area contributed by atoms with Gasteiger partial charge >= 0.3 is 6.02 Å². The molecule has 0 aromatic heterocycles. The molecule has 5 nitrogen and oxygen atoms in total. The number of carbonyl (C=O) groups excluding carboxylic acids is 1. The Hall–Kier alpha value is -3.70. The monoisotopic (exact) mass is 409 g/mol. The van der Waals surface area contributed by atoms with Gasteiger partial charge in [-0.3, -0.25) is 9.69 Å². The molecule has 5 rings (SSSR count). The van der Waals surface area contributed by atoms with E-state index in [2.05, 4.69) is 46.7 Å². The average Bonchev–Trinajstić information content (AvgIpc) is 3.28. The van der Waals surface area contributed by atoms with Crippen LogP contribution in [0.2, 0.25) is 0 Å². The Morgan fingerprint density at radius 2 is 1.74 bits per heavy atom. The number of amidine groups is 1. The van der Waals surface area contributed by atoms with E-state index in [9.17, 15) is 4.79 Å². The molecule has 154 valence electrons. The fraction of sp³-hybridized carbons (Fsp3) is 0.154. The minimum absolute atomic E-state index is 0.175. The molecule has 2 aliphatic rings. The molecule has 1 aliphatic carbocycles. The van der Waals surface area contributed by atoms with Gasteiger partial charge in [0, 0.05) is 6.54 Å². The molecule has 0 bridgehead atoms. The Morgan fingerprint density at radius 1 is 1.00 bits per heavy atom. The van der Waals surface area contributed by atoms with Gasteiger partial charge in [0.15, 0.2) is 5.76 Å². The summed E-state index contributed by atoms with van der Waals surface area (Å²) in [5, 5.41) is 3.40. The standard InChI is InChI=1S/C26H23N3O2/c1-3-29-25(30)23(31-26(29)28-18-9-5-4-6-10-18)16-17-13-14-21-22(15-17)19-11-7-8-12-20(19)24(21)27-2/h4-16,24,27H,3H2,1-2H3. The van der Waals surface area contributed by atoms with Crippen LogP contribution in [0.25, 0.3) is 17.2 Å². The van der Waals surface area contributed by atoms with Crippen LogP contribution >= 0.6 is 0 Å². The van der Waals surface area contributed by atoms with Crippen molar-refractivity contribution in [3.63, 3.8) is 0 Å². The number of likely N-dealkylation sites (N-methyl/N-ethyl adjacent to an activating group) is 1. The molecule has 3 aromatic carbocycles. The number of benzene rings is 3. The predicted octanol–water partition coefficient (Wildman–Crippen LogP) is 4.88. The van der Waals surface area contributed by atoms with Gasteiger partial charge in [-0.1, -0.05) is 54.6 Å². The third kappa shape index (κ3) is 3.33. The van der Waals surface area contributed by atoms with E-state index >= 15 is 0 Å². The number of fused-ring (bicyclic) bond motifs is 3. The second kappa shape index (κ2) is 7.85. The number of carbonyl (C=O) groups is 1. The molecule has 1 unspecified atom stereocenters. The molecule has 31 heavy (non-hydrogen) atoms. The van der Waals surface area contributed by atoms with Crippen LogP contribution in [0.15, 0.2) is 83.5 Å². The van der Waals surface area contributed by atoms with Gasteiger partial charge in [0.05, 0.1) is 11.7 Å². The molecule has 3 aromatic rings. The number of hydrogen-bond donors (Lipinski definition) is 1. The normalized spacial score (nSPS) is 19.6.